The Balaban J connectivity index is 2.11. The standard InChI is InChI=1S/C19H19N5O4/c1-2-23(13-20)18(25)17(12-14-6-4-3-5-7-14)22-19(26)21-15-8-10-16(11-9-15)24(27)28/h3-11,17H,2,12H2,1H3,(H2,21,22,26). The summed E-state index contributed by atoms with van der Waals surface area (Å²) in [6.07, 6.45) is 2.02. The number of hydrogen-bond acceptors (Lipinski definition) is 5. The number of anilines is 1. The molecule has 0 saturated heterocycles. The molecule has 0 radical (unpaired) electrons. The number of carbonyl (C=O) groups is 2. The molecule has 0 bridgehead atoms. The second kappa shape index (κ2) is 9.68. The number of hydrogen-bond donors (Lipinski definition) is 2. The van der Waals surface area contributed by atoms with Gasteiger partial charge in [0.1, 0.15) is 6.04 Å². The topological polar surface area (TPSA) is 128 Å². The first-order valence-corrected chi connectivity index (χ1v) is 8.51. The van der Waals surface area contributed by atoms with E-state index in [9.17, 15) is 19.7 Å². The molecule has 0 aliphatic carbocycles. The second-order valence-electron chi connectivity index (χ2n) is 5.83. The van der Waals surface area contributed by atoms with Gasteiger partial charge in [0.2, 0.25) is 0 Å². The van der Waals surface area contributed by atoms with Gasteiger partial charge in [-0.3, -0.25) is 14.9 Å². The molecule has 2 rings (SSSR count). The monoisotopic (exact) mass is 381 g/mol. The van der Waals surface area contributed by atoms with Crippen LogP contribution in [0.1, 0.15) is 12.5 Å². The van der Waals surface area contributed by atoms with Gasteiger partial charge in [-0.05, 0) is 24.6 Å². The lowest BCUT2D eigenvalue weighted by Crippen LogP contribution is -2.49. The van der Waals surface area contributed by atoms with Crippen molar-refractivity contribution in [2.45, 2.75) is 19.4 Å². The summed E-state index contributed by atoms with van der Waals surface area (Å²) in [5.74, 6) is -0.521. The van der Waals surface area contributed by atoms with Gasteiger partial charge in [0.05, 0.1) is 4.92 Å². The number of nitrogens with zero attached hydrogens (tertiary/aromatic N) is 3. The number of amides is 3. The summed E-state index contributed by atoms with van der Waals surface area (Å²) in [7, 11) is 0. The fourth-order valence-electron chi connectivity index (χ4n) is 2.51. The zero-order chi connectivity index (χ0) is 20.5. The van der Waals surface area contributed by atoms with Crippen molar-refractivity contribution < 1.29 is 14.5 Å². The van der Waals surface area contributed by atoms with Crippen LogP contribution >= 0.6 is 0 Å². The molecule has 0 heterocycles. The maximum atomic E-state index is 12.6. The molecule has 3 amide bonds. The molecule has 2 N–H and O–H groups in total. The van der Waals surface area contributed by atoms with Crippen LogP contribution in [0.2, 0.25) is 0 Å². The number of urea groups is 1. The average molecular weight is 381 g/mol. The minimum absolute atomic E-state index is 0.101. The van der Waals surface area contributed by atoms with Crippen LogP contribution in [-0.4, -0.2) is 34.3 Å². The van der Waals surface area contributed by atoms with Crippen LogP contribution in [0.3, 0.4) is 0 Å². The van der Waals surface area contributed by atoms with E-state index in [1.165, 1.54) is 24.3 Å². The molecular formula is C19H19N5O4. The highest BCUT2D eigenvalue weighted by Crippen LogP contribution is 2.15. The summed E-state index contributed by atoms with van der Waals surface area (Å²) in [4.78, 5) is 36.0. The van der Waals surface area contributed by atoms with Crippen molar-refractivity contribution in [3.63, 3.8) is 0 Å². The number of nitriles is 1. The van der Waals surface area contributed by atoms with Crippen molar-refractivity contribution in [1.29, 1.82) is 5.26 Å². The number of carbonyl (C=O) groups excluding carboxylic acids is 2. The van der Waals surface area contributed by atoms with E-state index in [-0.39, 0.29) is 18.7 Å². The molecule has 0 aliphatic heterocycles. The lowest BCUT2D eigenvalue weighted by molar-refractivity contribution is -0.384. The van der Waals surface area contributed by atoms with Crippen LogP contribution in [0, 0.1) is 21.6 Å². The zero-order valence-electron chi connectivity index (χ0n) is 15.2. The number of nitro groups is 1. The summed E-state index contributed by atoms with van der Waals surface area (Å²) in [6, 6.07) is 12.8. The molecule has 1 unspecified atom stereocenters. The van der Waals surface area contributed by atoms with E-state index in [0.29, 0.717) is 5.69 Å². The SMILES string of the molecule is CCN(C#N)C(=O)C(Cc1ccccc1)NC(=O)Nc1ccc([N+](=O)[O-])cc1. The zero-order valence-corrected chi connectivity index (χ0v) is 15.2. The average Bonchev–Trinajstić information content (AvgIpc) is 2.69. The first-order valence-electron chi connectivity index (χ1n) is 8.51. The van der Waals surface area contributed by atoms with Crippen LogP contribution in [-0.2, 0) is 11.2 Å². The molecule has 0 fully saturated rings. The predicted molar refractivity (Wildman–Crippen MR) is 102 cm³/mol. The molecule has 144 valence electrons. The number of nitrogens with one attached hydrogen (secondary N) is 2. The summed E-state index contributed by atoms with van der Waals surface area (Å²) in [5, 5.41) is 24.9. The van der Waals surface area contributed by atoms with Gasteiger partial charge in [-0.15, -0.1) is 0 Å². The number of rotatable bonds is 7. The fraction of sp³-hybridized carbons (Fsp3) is 0.211. The first kappa shape index (κ1) is 20.4. The largest absolute Gasteiger partial charge is 0.326 e. The minimum Gasteiger partial charge on any atom is -0.326 e. The fourth-order valence-corrected chi connectivity index (χ4v) is 2.51. The Morgan fingerprint density at radius 1 is 1.18 bits per heavy atom. The Morgan fingerprint density at radius 3 is 2.36 bits per heavy atom. The summed E-state index contributed by atoms with van der Waals surface area (Å²) < 4.78 is 0. The van der Waals surface area contributed by atoms with E-state index in [0.717, 1.165) is 10.5 Å². The predicted octanol–water partition coefficient (Wildman–Crippen LogP) is 2.66. The summed E-state index contributed by atoms with van der Waals surface area (Å²) in [6.45, 7) is 1.85. The third kappa shape index (κ3) is 5.54. The van der Waals surface area contributed by atoms with Crippen molar-refractivity contribution in [1.82, 2.24) is 10.2 Å². The van der Waals surface area contributed by atoms with Gasteiger partial charge in [0.25, 0.3) is 11.6 Å². The lowest BCUT2D eigenvalue weighted by Gasteiger charge is -2.22. The third-order valence-electron chi connectivity index (χ3n) is 3.93. The highest BCUT2D eigenvalue weighted by atomic mass is 16.6. The molecule has 9 nitrogen and oxygen atoms in total. The smallest absolute Gasteiger partial charge is 0.319 e. The van der Waals surface area contributed by atoms with Crippen LogP contribution in [0.4, 0.5) is 16.2 Å². The number of likely N-dealkylation sites (N-methyl/N-ethyl adjacent to an activating group) is 1. The normalized spacial score (nSPS) is 11.0. The molecule has 0 spiro atoms. The molecule has 2 aromatic rings. The van der Waals surface area contributed by atoms with E-state index in [1.54, 1.807) is 13.1 Å². The van der Waals surface area contributed by atoms with Gasteiger partial charge < -0.3 is 10.6 Å². The van der Waals surface area contributed by atoms with Crippen LogP contribution in [0.25, 0.3) is 0 Å². The number of benzene rings is 2. The molecule has 1 atom stereocenters. The van der Waals surface area contributed by atoms with Gasteiger partial charge in [-0.1, -0.05) is 30.3 Å². The maximum Gasteiger partial charge on any atom is 0.319 e. The quantitative estimate of drug-likeness (QED) is 0.330. The van der Waals surface area contributed by atoms with E-state index < -0.39 is 22.9 Å². The second-order valence-corrected chi connectivity index (χ2v) is 5.83. The van der Waals surface area contributed by atoms with E-state index >= 15 is 0 Å². The molecule has 9 heteroatoms. The summed E-state index contributed by atoms with van der Waals surface area (Å²) in [5.41, 5.74) is 1.06. The maximum absolute atomic E-state index is 12.6. The molecule has 0 saturated carbocycles. The lowest BCUT2D eigenvalue weighted by atomic mass is 10.0. The Morgan fingerprint density at radius 2 is 1.82 bits per heavy atom. The van der Waals surface area contributed by atoms with Crippen molar-refractivity contribution in [3.8, 4) is 6.19 Å². The van der Waals surface area contributed by atoms with E-state index in [1.807, 2.05) is 30.3 Å². The molecule has 2 aromatic carbocycles. The number of nitro benzene ring substituents is 1. The van der Waals surface area contributed by atoms with Crippen LogP contribution in [0.5, 0.6) is 0 Å². The third-order valence-corrected chi connectivity index (χ3v) is 3.93. The van der Waals surface area contributed by atoms with E-state index in [4.69, 9.17) is 5.26 Å². The van der Waals surface area contributed by atoms with Gasteiger partial charge in [-0.2, -0.15) is 5.26 Å². The van der Waals surface area contributed by atoms with E-state index in [2.05, 4.69) is 10.6 Å². The highest BCUT2D eigenvalue weighted by molar-refractivity contribution is 5.94. The Labute approximate surface area is 161 Å². The Kier molecular flexibility index (Phi) is 7.05. The van der Waals surface area contributed by atoms with Crippen LogP contribution < -0.4 is 10.6 Å². The molecule has 0 aromatic heterocycles. The Hall–Kier alpha value is -3.93. The molecular weight excluding hydrogens is 362 g/mol. The van der Waals surface area contributed by atoms with Gasteiger partial charge >= 0.3 is 6.03 Å². The molecule has 0 aliphatic rings. The van der Waals surface area contributed by atoms with Crippen molar-refractivity contribution in [2.24, 2.45) is 0 Å². The number of non-ortho nitro benzene ring substituents is 1. The summed E-state index contributed by atoms with van der Waals surface area (Å²) >= 11 is 0. The van der Waals surface area contributed by atoms with Crippen molar-refractivity contribution in [2.75, 3.05) is 11.9 Å². The molecule has 28 heavy (non-hydrogen) atoms. The minimum atomic E-state index is -0.944. The van der Waals surface area contributed by atoms with Gasteiger partial charge in [-0.25, -0.2) is 9.69 Å². The Bertz CT molecular complexity index is 877. The van der Waals surface area contributed by atoms with Gasteiger partial charge in [0, 0.05) is 30.8 Å². The van der Waals surface area contributed by atoms with Crippen molar-refractivity contribution >= 4 is 23.3 Å². The van der Waals surface area contributed by atoms with Crippen LogP contribution in [0.15, 0.2) is 54.6 Å². The van der Waals surface area contributed by atoms with Gasteiger partial charge in [0.15, 0.2) is 6.19 Å². The first-order chi connectivity index (χ1) is 13.4. The van der Waals surface area contributed by atoms with Crippen molar-refractivity contribution in [3.05, 3.63) is 70.3 Å². The highest BCUT2D eigenvalue weighted by Gasteiger charge is 2.25.